The van der Waals surface area contributed by atoms with Crippen molar-refractivity contribution in [3.63, 3.8) is 0 Å². The third kappa shape index (κ3) is 1.56. The Morgan fingerprint density at radius 3 is 2.55 bits per heavy atom. The molecule has 1 heterocycles. The number of rotatable bonds is 1. The number of halogens is 1. The summed E-state index contributed by atoms with van der Waals surface area (Å²) in [5, 5.41) is -0.900. The van der Waals surface area contributed by atoms with Crippen LogP contribution in [0.3, 0.4) is 0 Å². The highest BCUT2D eigenvalue weighted by Crippen LogP contribution is 1.90. The van der Waals surface area contributed by atoms with E-state index in [-0.39, 0.29) is 5.56 Å². The number of nitrogens with one attached hydrogen (secondary N) is 2. The molecule has 2 N–H and O–H groups in total. The maximum atomic E-state index is 10.7. The van der Waals surface area contributed by atoms with Crippen molar-refractivity contribution in [2.24, 2.45) is 0 Å². The summed E-state index contributed by atoms with van der Waals surface area (Å²) in [6.45, 7) is 0. The number of carbonyl (C=O) groups is 1. The van der Waals surface area contributed by atoms with Crippen LogP contribution >= 0.6 is 11.6 Å². The van der Waals surface area contributed by atoms with E-state index in [1.54, 1.807) is 0 Å². The molecule has 0 aromatic carbocycles. The van der Waals surface area contributed by atoms with Crippen LogP contribution in [0.1, 0.15) is 10.4 Å². The van der Waals surface area contributed by atoms with Gasteiger partial charge in [-0.15, -0.1) is 0 Å². The molecule has 0 radical (unpaired) electrons. The van der Waals surface area contributed by atoms with E-state index in [2.05, 4.69) is 4.98 Å². The van der Waals surface area contributed by atoms with Gasteiger partial charge in [0.25, 0.3) is 10.8 Å². The van der Waals surface area contributed by atoms with E-state index in [0.717, 1.165) is 6.20 Å². The molecule has 0 aliphatic carbocycles. The Bertz CT molecular complexity index is 391. The van der Waals surface area contributed by atoms with Crippen molar-refractivity contribution in [3.8, 4) is 0 Å². The smallest absolute Gasteiger partial charge is 0.313 e. The standard InChI is InChI=1S/C5H3ClN2O3/c6-3(9)2-1-7-5(11)8-4(2)10/h1H,(H2,7,8,10,11). The molecule has 0 aliphatic heterocycles. The maximum Gasteiger partial charge on any atom is 0.325 e. The molecule has 5 nitrogen and oxygen atoms in total. The van der Waals surface area contributed by atoms with Gasteiger partial charge in [0.15, 0.2) is 0 Å². The van der Waals surface area contributed by atoms with Gasteiger partial charge in [-0.05, 0) is 11.6 Å². The molecule has 58 valence electrons. The lowest BCUT2D eigenvalue weighted by Crippen LogP contribution is -2.25. The van der Waals surface area contributed by atoms with Crippen molar-refractivity contribution in [3.05, 3.63) is 32.6 Å². The van der Waals surface area contributed by atoms with E-state index in [9.17, 15) is 14.4 Å². The van der Waals surface area contributed by atoms with Gasteiger partial charge >= 0.3 is 5.69 Å². The van der Waals surface area contributed by atoms with Crippen LogP contribution in [0.4, 0.5) is 0 Å². The van der Waals surface area contributed by atoms with Crippen LogP contribution in [0.2, 0.25) is 0 Å². The first-order valence-electron chi connectivity index (χ1n) is 2.63. The second-order valence-electron chi connectivity index (χ2n) is 1.76. The summed E-state index contributed by atoms with van der Waals surface area (Å²) >= 11 is 4.98. The molecule has 1 aromatic rings. The van der Waals surface area contributed by atoms with Gasteiger partial charge in [0.2, 0.25) is 0 Å². The predicted molar refractivity (Wildman–Crippen MR) is 37.9 cm³/mol. The minimum Gasteiger partial charge on any atom is -0.313 e. The lowest BCUT2D eigenvalue weighted by Gasteiger charge is -1.87. The monoisotopic (exact) mass is 174 g/mol. The van der Waals surface area contributed by atoms with Gasteiger partial charge in [-0.3, -0.25) is 14.6 Å². The van der Waals surface area contributed by atoms with E-state index in [1.807, 2.05) is 4.98 Å². The molecule has 0 bridgehead atoms. The van der Waals surface area contributed by atoms with Crippen molar-refractivity contribution in [2.45, 2.75) is 0 Å². The summed E-state index contributed by atoms with van der Waals surface area (Å²) in [6, 6.07) is 0. The fraction of sp³-hybridized carbons (Fsp3) is 0. The maximum absolute atomic E-state index is 10.7. The summed E-state index contributed by atoms with van der Waals surface area (Å²) in [7, 11) is 0. The molecule has 1 rings (SSSR count). The second-order valence-corrected chi connectivity index (χ2v) is 2.10. The Balaban J connectivity index is 3.43. The van der Waals surface area contributed by atoms with E-state index >= 15 is 0 Å². The summed E-state index contributed by atoms with van der Waals surface area (Å²) in [4.78, 5) is 35.5. The fourth-order valence-corrected chi connectivity index (χ4v) is 0.696. The van der Waals surface area contributed by atoms with E-state index in [4.69, 9.17) is 11.6 Å². The van der Waals surface area contributed by atoms with Crippen LogP contribution in [-0.2, 0) is 0 Å². The van der Waals surface area contributed by atoms with Crippen molar-refractivity contribution in [1.29, 1.82) is 0 Å². The minimum absolute atomic E-state index is 0.272. The second kappa shape index (κ2) is 2.71. The third-order valence-electron chi connectivity index (χ3n) is 1.03. The Hall–Kier alpha value is -1.36. The molecule has 0 saturated carbocycles. The zero-order chi connectivity index (χ0) is 8.43. The quantitative estimate of drug-likeness (QED) is 0.560. The molecule has 0 amide bonds. The molecule has 6 heteroatoms. The number of aromatic nitrogens is 2. The molecule has 0 spiro atoms. The van der Waals surface area contributed by atoms with Gasteiger partial charge in [-0.1, -0.05) is 0 Å². The Kier molecular flexibility index (Phi) is 1.91. The van der Waals surface area contributed by atoms with Gasteiger partial charge in [0.05, 0.1) is 0 Å². The Morgan fingerprint density at radius 1 is 1.45 bits per heavy atom. The Morgan fingerprint density at radius 2 is 2.09 bits per heavy atom. The highest BCUT2D eigenvalue weighted by atomic mass is 35.5. The zero-order valence-corrected chi connectivity index (χ0v) is 5.94. The van der Waals surface area contributed by atoms with Gasteiger partial charge in [0, 0.05) is 6.20 Å². The average Bonchev–Trinajstić information content (AvgIpc) is 1.85. The SMILES string of the molecule is O=C(Cl)c1c[nH]c(=O)[nH]c1=O. The van der Waals surface area contributed by atoms with Crippen LogP contribution < -0.4 is 11.2 Å². The van der Waals surface area contributed by atoms with Crippen LogP contribution in [0.15, 0.2) is 15.8 Å². The molecule has 0 fully saturated rings. The fourth-order valence-electron chi connectivity index (χ4n) is 0.556. The average molecular weight is 175 g/mol. The van der Waals surface area contributed by atoms with E-state index in [0.29, 0.717) is 0 Å². The van der Waals surface area contributed by atoms with Crippen LogP contribution in [-0.4, -0.2) is 15.2 Å². The largest absolute Gasteiger partial charge is 0.325 e. The molecule has 1 aromatic heterocycles. The first kappa shape index (κ1) is 7.74. The van der Waals surface area contributed by atoms with E-state index in [1.165, 1.54) is 0 Å². The van der Waals surface area contributed by atoms with Crippen LogP contribution in [0, 0.1) is 0 Å². The number of carbonyl (C=O) groups excluding carboxylic acids is 1. The molecular formula is C5H3ClN2O3. The van der Waals surface area contributed by atoms with Crippen molar-refractivity contribution in [2.75, 3.05) is 0 Å². The molecule has 0 saturated heterocycles. The van der Waals surface area contributed by atoms with Crippen molar-refractivity contribution >= 4 is 16.8 Å². The lowest BCUT2D eigenvalue weighted by molar-refractivity contribution is 0.107. The summed E-state index contributed by atoms with van der Waals surface area (Å²) in [5.74, 6) is 0. The van der Waals surface area contributed by atoms with Crippen molar-refractivity contribution < 1.29 is 4.79 Å². The van der Waals surface area contributed by atoms with Gasteiger partial charge in [-0.25, -0.2) is 4.79 Å². The first-order valence-corrected chi connectivity index (χ1v) is 3.01. The highest BCUT2D eigenvalue weighted by Gasteiger charge is 2.05. The number of hydrogen-bond donors (Lipinski definition) is 2. The van der Waals surface area contributed by atoms with Gasteiger partial charge in [0.1, 0.15) is 5.56 Å². The molecular weight excluding hydrogens is 172 g/mol. The zero-order valence-electron chi connectivity index (χ0n) is 5.18. The molecule has 11 heavy (non-hydrogen) atoms. The van der Waals surface area contributed by atoms with Crippen molar-refractivity contribution in [1.82, 2.24) is 9.97 Å². The normalized spacial score (nSPS) is 9.55. The van der Waals surface area contributed by atoms with Crippen LogP contribution in [0.5, 0.6) is 0 Å². The molecule has 0 aliphatic rings. The van der Waals surface area contributed by atoms with Gasteiger partial charge < -0.3 is 4.98 Å². The first-order chi connectivity index (χ1) is 5.11. The summed E-state index contributed by atoms with van der Waals surface area (Å²) in [5.41, 5.74) is -1.73. The summed E-state index contributed by atoms with van der Waals surface area (Å²) in [6.07, 6.45) is 0.969. The number of H-pyrrole nitrogens is 2. The highest BCUT2D eigenvalue weighted by molar-refractivity contribution is 6.67. The third-order valence-corrected chi connectivity index (χ3v) is 1.23. The molecule has 0 atom stereocenters. The number of hydrogen-bond acceptors (Lipinski definition) is 3. The van der Waals surface area contributed by atoms with E-state index < -0.39 is 16.5 Å². The topological polar surface area (TPSA) is 82.8 Å². The predicted octanol–water partition coefficient (Wildman–Crippen LogP) is -0.558. The summed E-state index contributed by atoms with van der Waals surface area (Å²) < 4.78 is 0. The molecule has 0 unspecified atom stereocenters. The van der Waals surface area contributed by atoms with Gasteiger partial charge in [-0.2, -0.15) is 0 Å². The number of aromatic amines is 2. The lowest BCUT2D eigenvalue weighted by atomic mass is 10.4. The minimum atomic E-state index is -0.900. The Labute approximate surface area is 65.0 Å². The van der Waals surface area contributed by atoms with Crippen LogP contribution in [0.25, 0.3) is 0 Å².